The van der Waals surface area contributed by atoms with Gasteiger partial charge in [-0.05, 0) is 56.1 Å². The fourth-order valence-electron chi connectivity index (χ4n) is 1.14. The maximum Gasteiger partial charge on any atom is 0.360 e. The lowest BCUT2D eigenvalue weighted by Crippen LogP contribution is -3.61. The van der Waals surface area contributed by atoms with Gasteiger partial charge in [-0.3, -0.25) is 0 Å². The van der Waals surface area contributed by atoms with Crippen molar-refractivity contribution in [2.45, 2.75) is 0 Å². The van der Waals surface area contributed by atoms with Crippen molar-refractivity contribution in [3.05, 3.63) is 64.6 Å². The van der Waals surface area contributed by atoms with Crippen molar-refractivity contribution in [2.24, 2.45) is 0 Å². The minimum atomic E-state index is -0.108. The first-order valence-electron chi connectivity index (χ1n) is 4.41. The molecule has 0 aliphatic heterocycles. The Morgan fingerprint density at radius 2 is 1.06 bits per heavy atom. The molecular formula is C12H8Br2I2. The average Bonchev–Trinajstić information content (AvgIpc) is 2.24. The standard InChI is InChI=1S/C12H8Br2I.HI/c13-9-5-1-3-7-11(9)15-12-8-4-2-6-10(12)14;/h1-8H;1H/q+1;/p-1. The van der Waals surface area contributed by atoms with Crippen LogP contribution in [0.2, 0.25) is 0 Å². The van der Waals surface area contributed by atoms with Crippen LogP contribution in [0.5, 0.6) is 0 Å². The molecule has 0 unspecified atom stereocenters. The summed E-state index contributed by atoms with van der Waals surface area (Å²) in [5.41, 5.74) is 0. The molecular weight excluding hydrogens is 558 g/mol. The first-order chi connectivity index (χ1) is 7.27. The quantitative estimate of drug-likeness (QED) is 0.383. The van der Waals surface area contributed by atoms with E-state index in [9.17, 15) is 0 Å². The Labute approximate surface area is 140 Å². The second kappa shape index (κ2) is 7.33. The largest absolute Gasteiger partial charge is 1.00 e. The van der Waals surface area contributed by atoms with Gasteiger partial charge in [-0.1, -0.05) is 24.3 Å². The van der Waals surface area contributed by atoms with Gasteiger partial charge >= 0.3 is 21.2 Å². The summed E-state index contributed by atoms with van der Waals surface area (Å²) >= 11 is 7.07. The smallest absolute Gasteiger partial charge is 0.360 e. The SMILES string of the molecule is Brc1ccccc1[I+]c1ccccc1Br.[I-]. The molecule has 84 valence electrons. The summed E-state index contributed by atoms with van der Waals surface area (Å²) in [6.45, 7) is 0. The molecule has 0 saturated heterocycles. The van der Waals surface area contributed by atoms with E-state index in [4.69, 9.17) is 0 Å². The van der Waals surface area contributed by atoms with Crippen LogP contribution in [0.3, 0.4) is 0 Å². The lowest BCUT2D eigenvalue weighted by atomic mass is 10.4. The van der Waals surface area contributed by atoms with Gasteiger partial charge in [0.1, 0.15) is 0 Å². The van der Waals surface area contributed by atoms with Crippen LogP contribution in [0.4, 0.5) is 0 Å². The normalized spacial score (nSPS) is 9.62. The highest BCUT2D eigenvalue weighted by atomic mass is 127. The minimum Gasteiger partial charge on any atom is -1.00 e. The maximum absolute atomic E-state index is 3.59. The van der Waals surface area contributed by atoms with Gasteiger partial charge in [-0.2, -0.15) is 0 Å². The maximum atomic E-state index is 3.59. The zero-order valence-electron chi connectivity index (χ0n) is 8.13. The highest BCUT2D eigenvalue weighted by Crippen LogP contribution is 2.09. The summed E-state index contributed by atoms with van der Waals surface area (Å²) in [4.78, 5) is 0. The third-order valence-corrected chi connectivity index (χ3v) is 7.76. The van der Waals surface area contributed by atoms with Crippen LogP contribution in [0.1, 0.15) is 0 Å². The second-order valence-corrected chi connectivity index (χ2v) is 7.50. The zero-order chi connectivity index (χ0) is 10.7. The molecule has 0 bridgehead atoms. The summed E-state index contributed by atoms with van der Waals surface area (Å²) in [7, 11) is 0. The summed E-state index contributed by atoms with van der Waals surface area (Å²) in [6, 6.07) is 16.9. The van der Waals surface area contributed by atoms with E-state index in [1.807, 2.05) is 0 Å². The monoisotopic (exact) mass is 564 g/mol. The number of rotatable bonds is 2. The molecule has 0 aliphatic carbocycles. The van der Waals surface area contributed by atoms with E-state index in [0.717, 1.165) is 0 Å². The Morgan fingerprint density at radius 1 is 0.688 bits per heavy atom. The summed E-state index contributed by atoms with van der Waals surface area (Å²) in [5, 5.41) is 0. The molecule has 0 aliphatic rings. The fourth-order valence-corrected chi connectivity index (χ4v) is 4.99. The van der Waals surface area contributed by atoms with Crippen LogP contribution in [-0.2, 0) is 0 Å². The average molecular weight is 566 g/mol. The molecule has 0 N–H and O–H groups in total. The van der Waals surface area contributed by atoms with Gasteiger partial charge in [0.05, 0.1) is 8.95 Å². The van der Waals surface area contributed by atoms with Crippen molar-refractivity contribution < 1.29 is 45.2 Å². The van der Waals surface area contributed by atoms with Crippen LogP contribution >= 0.6 is 31.9 Å². The lowest BCUT2D eigenvalue weighted by Gasteiger charge is -1.92. The van der Waals surface area contributed by atoms with E-state index in [-0.39, 0.29) is 45.2 Å². The Morgan fingerprint density at radius 3 is 1.44 bits per heavy atom. The highest BCUT2D eigenvalue weighted by molar-refractivity contribution is 9.10. The third kappa shape index (κ3) is 3.96. The van der Waals surface area contributed by atoms with E-state index >= 15 is 0 Å². The first-order valence-corrected chi connectivity index (χ1v) is 8.15. The van der Waals surface area contributed by atoms with Gasteiger partial charge in [0.25, 0.3) is 0 Å². The van der Waals surface area contributed by atoms with E-state index in [0.29, 0.717) is 0 Å². The number of hydrogen-bond acceptors (Lipinski definition) is 0. The van der Waals surface area contributed by atoms with Gasteiger partial charge in [0, 0.05) is 0 Å². The topological polar surface area (TPSA) is 0 Å². The molecule has 4 heteroatoms. The summed E-state index contributed by atoms with van der Waals surface area (Å²) < 4.78 is 5.27. The van der Waals surface area contributed by atoms with Crippen molar-refractivity contribution in [1.29, 1.82) is 0 Å². The van der Waals surface area contributed by atoms with E-state index < -0.39 is 0 Å². The predicted molar refractivity (Wildman–Crippen MR) is 65.7 cm³/mol. The highest BCUT2D eigenvalue weighted by Gasteiger charge is 2.20. The van der Waals surface area contributed by atoms with Gasteiger partial charge in [-0.25, -0.2) is 0 Å². The molecule has 0 atom stereocenters. The van der Waals surface area contributed by atoms with Gasteiger partial charge in [0.2, 0.25) is 7.14 Å². The van der Waals surface area contributed by atoms with Crippen LogP contribution in [-0.4, -0.2) is 0 Å². The van der Waals surface area contributed by atoms with Gasteiger partial charge in [0.15, 0.2) is 0 Å². The molecule has 0 radical (unpaired) electrons. The first kappa shape index (κ1) is 14.9. The fraction of sp³-hybridized carbons (Fsp3) is 0. The summed E-state index contributed by atoms with van der Waals surface area (Å²) in [5.74, 6) is 0. The van der Waals surface area contributed by atoms with Crippen molar-refractivity contribution in [3.8, 4) is 0 Å². The van der Waals surface area contributed by atoms with E-state index in [1.165, 1.54) is 16.1 Å². The van der Waals surface area contributed by atoms with Crippen molar-refractivity contribution in [2.75, 3.05) is 0 Å². The van der Waals surface area contributed by atoms with Crippen LogP contribution in [0.25, 0.3) is 0 Å². The van der Waals surface area contributed by atoms with Crippen molar-refractivity contribution in [1.82, 2.24) is 0 Å². The predicted octanol–water partition coefficient (Wildman–Crippen LogP) is -1.66. The second-order valence-electron chi connectivity index (χ2n) is 2.92. The van der Waals surface area contributed by atoms with E-state index in [1.54, 1.807) is 0 Å². The molecule has 0 fully saturated rings. The molecule has 2 rings (SSSR count). The molecule has 0 aromatic heterocycles. The van der Waals surface area contributed by atoms with Crippen molar-refractivity contribution >= 4 is 31.9 Å². The van der Waals surface area contributed by atoms with Gasteiger partial charge < -0.3 is 24.0 Å². The Kier molecular flexibility index (Phi) is 6.83. The van der Waals surface area contributed by atoms with Crippen LogP contribution in [0.15, 0.2) is 57.5 Å². The Hall–Kier alpha value is 0.860. The Bertz CT molecular complexity index is 429. The minimum absolute atomic E-state index is 0. The number of halogens is 4. The molecule has 2 aromatic rings. The van der Waals surface area contributed by atoms with E-state index in [2.05, 4.69) is 80.4 Å². The molecule has 0 spiro atoms. The number of benzene rings is 2. The Balaban J connectivity index is 0.00000128. The zero-order valence-corrected chi connectivity index (χ0v) is 15.6. The van der Waals surface area contributed by atoms with Crippen molar-refractivity contribution in [3.63, 3.8) is 0 Å². The molecule has 0 saturated carbocycles. The molecule has 0 heterocycles. The molecule has 2 aromatic carbocycles. The summed E-state index contributed by atoms with van der Waals surface area (Å²) in [6.07, 6.45) is 0. The third-order valence-electron chi connectivity index (χ3n) is 1.85. The lowest BCUT2D eigenvalue weighted by molar-refractivity contribution is -0.599. The van der Waals surface area contributed by atoms with Gasteiger partial charge in [-0.15, -0.1) is 0 Å². The molecule has 16 heavy (non-hydrogen) atoms. The molecule has 0 nitrogen and oxygen atoms in total. The number of hydrogen-bond donors (Lipinski definition) is 0. The van der Waals surface area contributed by atoms with Crippen LogP contribution < -0.4 is 45.2 Å². The van der Waals surface area contributed by atoms with Crippen LogP contribution in [0, 0.1) is 7.14 Å². The molecule has 0 amide bonds.